The first-order valence-corrected chi connectivity index (χ1v) is 7.76. The van der Waals surface area contributed by atoms with Gasteiger partial charge in [0.15, 0.2) is 5.82 Å². The molecule has 0 aromatic carbocycles. The van der Waals surface area contributed by atoms with E-state index in [1.807, 2.05) is 23.5 Å². The summed E-state index contributed by atoms with van der Waals surface area (Å²) in [6.07, 6.45) is 1.87. The van der Waals surface area contributed by atoms with E-state index in [1.54, 1.807) is 0 Å². The van der Waals surface area contributed by atoms with Crippen molar-refractivity contribution in [2.24, 2.45) is 13.0 Å². The molecular formula is C13H18N4OS. The smallest absolute Gasteiger partial charge is 0.276 e. The predicted molar refractivity (Wildman–Crippen MR) is 74.9 cm³/mol. The molecule has 102 valence electrons. The van der Waals surface area contributed by atoms with Gasteiger partial charge < -0.3 is 4.52 Å². The quantitative estimate of drug-likeness (QED) is 0.863. The topological polar surface area (TPSA) is 56.7 Å². The van der Waals surface area contributed by atoms with Crippen LogP contribution in [0.4, 0.5) is 0 Å². The van der Waals surface area contributed by atoms with Crippen LogP contribution in [-0.2, 0) is 25.6 Å². The van der Waals surface area contributed by atoms with Crippen LogP contribution in [0.1, 0.15) is 30.9 Å². The number of hydrogen-bond donors (Lipinski definition) is 0. The molecule has 19 heavy (non-hydrogen) atoms. The van der Waals surface area contributed by atoms with Crippen LogP contribution in [0.5, 0.6) is 0 Å². The molecule has 0 saturated carbocycles. The largest absolute Gasteiger partial charge is 0.332 e. The molecule has 2 aromatic rings. The fourth-order valence-electron chi connectivity index (χ4n) is 2.38. The first-order chi connectivity index (χ1) is 9.15. The summed E-state index contributed by atoms with van der Waals surface area (Å²) in [4.78, 5) is 4.51. The summed E-state index contributed by atoms with van der Waals surface area (Å²) >= 11 is 1.93. The van der Waals surface area contributed by atoms with E-state index in [9.17, 15) is 0 Å². The molecule has 5 nitrogen and oxygen atoms in total. The molecule has 2 aromatic heterocycles. The highest BCUT2D eigenvalue weighted by molar-refractivity contribution is 7.98. The zero-order valence-corrected chi connectivity index (χ0v) is 12.3. The Morgan fingerprint density at radius 1 is 1.42 bits per heavy atom. The van der Waals surface area contributed by atoms with E-state index in [0.717, 1.165) is 35.9 Å². The van der Waals surface area contributed by atoms with E-state index in [4.69, 9.17) is 4.52 Å². The summed E-state index contributed by atoms with van der Waals surface area (Å²) in [6.45, 7) is 4.30. The maximum atomic E-state index is 5.43. The van der Waals surface area contributed by atoms with E-state index in [0.29, 0.717) is 11.8 Å². The zero-order chi connectivity index (χ0) is 13.4. The summed E-state index contributed by atoms with van der Waals surface area (Å²) in [5.41, 5.74) is 3.43. The van der Waals surface area contributed by atoms with Gasteiger partial charge in [-0.05, 0) is 11.7 Å². The van der Waals surface area contributed by atoms with Crippen LogP contribution in [0.3, 0.4) is 0 Å². The van der Waals surface area contributed by atoms with E-state index < -0.39 is 0 Å². The van der Waals surface area contributed by atoms with Crippen LogP contribution in [0.2, 0.25) is 0 Å². The second-order valence-electron chi connectivity index (χ2n) is 5.31. The van der Waals surface area contributed by atoms with Gasteiger partial charge in [-0.25, -0.2) is 0 Å². The van der Waals surface area contributed by atoms with Gasteiger partial charge in [0.2, 0.25) is 0 Å². The summed E-state index contributed by atoms with van der Waals surface area (Å²) in [5, 5.41) is 8.64. The molecule has 0 radical (unpaired) electrons. The van der Waals surface area contributed by atoms with Crippen LogP contribution in [0.15, 0.2) is 4.52 Å². The molecule has 3 heterocycles. The lowest BCUT2D eigenvalue weighted by Gasteiger charge is -2.09. The highest BCUT2D eigenvalue weighted by atomic mass is 32.2. The average Bonchev–Trinajstić information content (AvgIpc) is 2.91. The highest BCUT2D eigenvalue weighted by Crippen LogP contribution is 2.32. The van der Waals surface area contributed by atoms with Gasteiger partial charge in [-0.2, -0.15) is 21.8 Å². The number of hydrogen-bond acceptors (Lipinski definition) is 5. The Kier molecular flexibility index (Phi) is 3.35. The van der Waals surface area contributed by atoms with Crippen LogP contribution in [0.25, 0.3) is 11.6 Å². The molecule has 0 bridgehead atoms. The van der Waals surface area contributed by atoms with Crippen LogP contribution in [0, 0.1) is 5.92 Å². The summed E-state index contributed by atoms with van der Waals surface area (Å²) in [6, 6.07) is 0. The molecule has 0 fully saturated rings. The SMILES string of the molecule is CC(C)Cc1noc(-c2c3c(nn2C)CCSC3)n1. The summed E-state index contributed by atoms with van der Waals surface area (Å²) in [5.74, 6) is 4.05. The molecule has 0 unspecified atom stereocenters. The Hall–Kier alpha value is -1.30. The molecule has 0 saturated heterocycles. The maximum absolute atomic E-state index is 5.43. The van der Waals surface area contributed by atoms with E-state index in [-0.39, 0.29) is 0 Å². The first kappa shape index (κ1) is 12.7. The second kappa shape index (κ2) is 5.00. The Labute approximate surface area is 116 Å². The zero-order valence-electron chi connectivity index (χ0n) is 11.5. The van der Waals surface area contributed by atoms with Crippen LogP contribution < -0.4 is 0 Å². The Bertz CT molecular complexity index is 587. The standard InChI is InChI=1S/C13H18N4OS/c1-8(2)6-11-14-13(18-16-11)12-9-7-19-5-4-10(9)15-17(12)3/h8H,4-7H2,1-3H3. The molecular weight excluding hydrogens is 260 g/mol. The number of aryl methyl sites for hydroxylation is 2. The van der Waals surface area contributed by atoms with E-state index >= 15 is 0 Å². The van der Waals surface area contributed by atoms with Crippen molar-refractivity contribution in [1.29, 1.82) is 0 Å². The van der Waals surface area contributed by atoms with Crippen molar-refractivity contribution in [2.45, 2.75) is 32.4 Å². The van der Waals surface area contributed by atoms with Crippen molar-refractivity contribution in [3.8, 4) is 11.6 Å². The third-order valence-corrected chi connectivity index (χ3v) is 4.21. The van der Waals surface area contributed by atoms with Gasteiger partial charge in [0.25, 0.3) is 5.89 Å². The minimum atomic E-state index is 0.529. The van der Waals surface area contributed by atoms with Crippen molar-refractivity contribution >= 4 is 11.8 Å². The van der Waals surface area contributed by atoms with Crippen molar-refractivity contribution in [3.05, 3.63) is 17.1 Å². The average molecular weight is 278 g/mol. The third kappa shape index (κ3) is 2.41. The van der Waals surface area contributed by atoms with E-state index in [1.165, 1.54) is 11.3 Å². The van der Waals surface area contributed by atoms with Gasteiger partial charge in [0, 0.05) is 31.2 Å². The second-order valence-corrected chi connectivity index (χ2v) is 6.42. The lowest BCUT2D eigenvalue weighted by atomic mass is 10.1. The van der Waals surface area contributed by atoms with Crippen molar-refractivity contribution < 1.29 is 4.52 Å². The number of fused-ring (bicyclic) bond motifs is 1. The third-order valence-electron chi connectivity index (χ3n) is 3.22. The molecule has 3 rings (SSSR count). The molecule has 0 atom stereocenters. The predicted octanol–water partition coefficient (Wildman–Crippen LogP) is 2.46. The number of nitrogens with zero attached hydrogens (tertiary/aromatic N) is 4. The van der Waals surface area contributed by atoms with Gasteiger partial charge in [-0.3, -0.25) is 4.68 Å². The van der Waals surface area contributed by atoms with Crippen molar-refractivity contribution in [1.82, 2.24) is 19.9 Å². The van der Waals surface area contributed by atoms with Crippen LogP contribution >= 0.6 is 11.8 Å². The molecule has 6 heteroatoms. The van der Waals surface area contributed by atoms with Gasteiger partial charge >= 0.3 is 0 Å². The number of thioether (sulfide) groups is 1. The van der Waals surface area contributed by atoms with Crippen molar-refractivity contribution in [3.63, 3.8) is 0 Å². The van der Waals surface area contributed by atoms with E-state index in [2.05, 4.69) is 29.1 Å². The van der Waals surface area contributed by atoms with Crippen LogP contribution in [-0.4, -0.2) is 25.7 Å². The lowest BCUT2D eigenvalue weighted by Crippen LogP contribution is -2.01. The van der Waals surface area contributed by atoms with Gasteiger partial charge in [-0.1, -0.05) is 19.0 Å². The molecule has 0 N–H and O–H groups in total. The molecule has 0 aliphatic carbocycles. The fraction of sp³-hybridized carbons (Fsp3) is 0.615. The normalized spacial score (nSPS) is 14.9. The highest BCUT2D eigenvalue weighted by Gasteiger charge is 2.24. The summed E-state index contributed by atoms with van der Waals surface area (Å²) in [7, 11) is 1.95. The number of aromatic nitrogens is 4. The van der Waals surface area contributed by atoms with Crippen molar-refractivity contribution in [2.75, 3.05) is 5.75 Å². The minimum absolute atomic E-state index is 0.529. The molecule has 1 aliphatic heterocycles. The molecule has 0 spiro atoms. The Balaban J connectivity index is 1.97. The van der Waals surface area contributed by atoms with Gasteiger partial charge in [0.1, 0.15) is 5.69 Å². The monoisotopic (exact) mass is 278 g/mol. The minimum Gasteiger partial charge on any atom is -0.332 e. The first-order valence-electron chi connectivity index (χ1n) is 6.60. The lowest BCUT2D eigenvalue weighted by molar-refractivity contribution is 0.414. The van der Waals surface area contributed by atoms with Gasteiger partial charge in [0.05, 0.1) is 5.69 Å². The summed E-state index contributed by atoms with van der Waals surface area (Å²) < 4.78 is 7.30. The maximum Gasteiger partial charge on any atom is 0.276 e. The number of rotatable bonds is 3. The van der Waals surface area contributed by atoms with Gasteiger partial charge in [-0.15, -0.1) is 0 Å². The molecule has 0 amide bonds. The Morgan fingerprint density at radius 2 is 2.26 bits per heavy atom. The fourth-order valence-corrected chi connectivity index (χ4v) is 3.37. The molecule has 1 aliphatic rings. The Morgan fingerprint density at radius 3 is 3.05 bits per heavy atom.